The normalized spacial score (nSPS) is 13.9. The molecule has 0 saturated heterocycles. The van der Waals surface area contributed by atoms with E-state index in [1.807, 2.05) is 6.20 Å². The summed E-state index contributed by atoms with van der Waals surface area (Å²) in [5, 5.41) is 0. The number of rotatable bonds is 16. The Morgan fingerprint density at radius 1 is 0.760 bits per heavy atom. The molecule has 0 bridgehead atoms. The van der Waals surface area contributed by atoms with Crippen molar-refractivity contribution < 1.29 is 0 Å². The average molecular weight is 349 g/mol. The van der Waals surface area contributed by atoms with Crippen LogP contribution >= 0.6 is 0 Å². The van der Waals surface area contributed by atoms with E-state index < -0.39 is 0 Å². The number of unbranched alkanes of at least 4 members (excludes halogenated alkanes) is 10. The van der Waals surface area contributed by atoms with E-state index in [2.05, 4.69) is 43.4 Å². The zero-order chi connectivity index (χ0) is 18.3. The van der Waals surface area contributed by atoms with Gasteiger partial charge in [0, 0.05) is 24.4 Å². The van der Waals surface area contributed by atoms with Crippen molar-refractivity contribution in [1.29, 1.82) is 0 Å². The van der Waals surface area contributed by atoms with E-state index in [-0.39, 0.29) is 0 Å². The average Bonchev–Trinajstić information content (AvgIpc) is 3.10. The second-order valence-corrected chi connectivity index (χ2v) is 8.06. The molecular weight excluding hydrogens is 304 g/mol. The van der Waals surface area contributed by atoms with E-state index in [1.54, 1.807) is 0 Å². The van der Waals surface area contributed by atoms with E-state index in [0.717, 1.165) is 0 Å². The SMILES string of the molecule is CCCCCCCCCCCC(C)n1ccnc1C(C)CCCCC. The van der Waals surface area contributed by atoms with Crippen molar-refractivity contribution in [2.24, 2.45) is 0 Å². The third-order valence-electron chi connectivity index (χ3n) is 5.58. The van der Waals surface area contributed by atoms with Crippen LogP contribution in [0.3, 0.4) is 0 Å². The van der Waals surface area contributed by atoms with Crippen LogP contribution in [0.1, 0.15) is 135 Å². The highest BCUT2D eigenvalue weighted by molar-refractivity contribution is 5.00. The fourth-order valence-electron chi connectivity index (χ4n) is 3.80. The third-order valence-corrected chi connectivity index (χ3v) is 5.58. The van der Waals surface area contributed by atoms with Crippen LogP contribution in [0.5, 0.6) is 0 Å². The fourth-order valence-corrected chi connectivity index (χ4v) is 3.80. The van der Waals surface area contributed by atoms with Crippen LogP contribution in [-0.2, 0) is 0 Å². The highest BCUT2D eigenvalue weighted by Gasteiger charge is 2.15. The summed E-state index contributed by atoms with van der Waals surface area (Å²) >= 11 is 0. The van der Waals surface area contributed by atoms with Gasteiger partial charge in [-0.2, -0.15) is 0 Å². The summed E-state index contributed by atoms with van der Waals surface area (Å²) in [6, 6.07) is 0.593. The van der Waals surface area contributed by atoms with Gasteiger partial charge in [-0.05, 0) is 19.8 Å². The molecule has 0 saturated carbocycles. The van der Waals surface area contributed by atoms with Gasteiger partial charge in [-0.1, -0.05) is 97.8 Å². The largest absolute Gasteiger partial charge is 0.332 e. The summed E-state index contributed by atoms with van der Waals surface area (Å²) in [6.45, 7) is 9.28. The molecule has 0 fully saturated rings. The first-order valence-electron chi connectivity index (χ1n) is 11.2. The van der Waals surface area contributed by atoms with Crippen molar-refractivity contribution in [3.63, 3.8) is 0 Å². The Morgan fingerprint density at radius 3 is 1.92 bits per heavy atom. The molecule has 2 heteroatoms. The molecule has 0 amide bonds. The number of hydrogen-bond donors (Lipinski definition) is 0. The maximum Gasteiger partial charge on any atom is 0.111 e. The minimum Gasteiger partial charge on any atom is -0.332 e. The smallest absolute Gasteiger partial charge is 0.111 e. The predicted octanol–water partition coefficient (Wildman–Crippen LogP) is 8.05. The molecule has 0 aromatic carbocycles. The summed E-state index contributed by atoms with van der Waals surface area (Å²) in [4.78, 5) is 4.67. The van der Waals surface area contributed by atoms with E-state index >= 15 is 0 Å². The van der Waals surface area contributed by atoms with Gasteiger partial charge in [-0.3, -0.25) is 0 Å². The number of imidazole rings is 1. The Labute approximate surface area is 157 Å². The molecule has 0 aliphatic rings. The molecule has 0 radical (unpaired) electrons. The lowest BCUT2D eigenvalue weighted by molar-refractivity contribution is 0.437. The Kier molecular flexibility index (Phi) is 12.8. The number of nitrogens with zero attached hydrogens (tertiary/aromatic N) is 2. The lowest BCUT2D eigenvalue weighted by atomic mass is 10.0. The van der Waals surface area contributed by atoms with Crippen molar-refractivity contribution >= 4 is 0 Å². The maximum atomic E-state index is 4.67. The lowest BCUT2D eigenvalue weighted by Crippen LogP contribution is -2.11. The van der Waals surface area contributed by atoms with Gasteiger partial charge in [0.25, 0.3) is 0 Å². The first kappa shape index (κ1) is 22.3. The van der Waals surface area contributed by atoms with Crippen molar-refractivity contribution in [3.8, 4) is 0 Å². The van der Waals surface area contributed by atoms with Crippen LogP contribution < -0.4 is 0 Å². The van der Waals surface area contributed by atoms with Gasteiger partial charge in [-0.15, -0.1) is 0 Å². The molecule has 2 nitrogen and oxygen atoms in total. The third kappa shape index (κ3) is 9.47. The summed E-state index contributed by atoms with van der Waals surface area (Å²) in [7, 11) is 0. The van der Waals surface area contributed by atoms with Crippen LogP contribution in [0.25, 0.3) is 0 Å². The number of hydrogen-bond acceptors (Lipinski definition) is 1. The van der Waals surface area contributed by atoms with Gasteiger partial charge in [0.15, 0.2) is 0 Å². The summed E-state index contributed by atoms with van der Waals surface area (Å²) in [5.74, 6) is 1.90. The van der Waals surface area contributed by atoms with E-state index in [9.17, 15) is 0 Å². The fraction of sp³-hybridized carbons (Fsp3) is 0.870. The zero-order valence-electron chi connectivity index (χ0n) is 17.6. The molecular formula is C23H44N2. The summed E-state index contributed by atoms with van der Waals surface area (Å²) in [5.41, 5.74) is 0. The zero-order valence-corrected chi connectivity index (χ0v) is 17.6. The van der Waals surface area contributed by atoms with Crippen LogP contribution in [-0.4, -0.2) is 9.55 Å². The first-order valence-corrected chi connectivity index (χ1v) is 11.2. The van der Waals surface area contributed by atoms with Crippen molar-refractivity contribution in [2.45, 2.75) is 130 Å². The summed E-state index contributed by atoms with van der Waals surface area (Å²) < 4.78 is 2.45. The van der Waals surface area contributed by atoms with Crippen molar-refractivity contribution in [1.82, 2.24) is 9.55 Å². The molecule has 25 heavy (non-hydrogen) atoms. The minimum absolute atomic E-state index is 0.590. The van der Waals surface area contributed by atoms with Crippen LogP contribution in [0.15, 0.2) is 12.4 Å². The standard InChI is InChI=1S/C23H44N2/c1-5-7-9-10-11-12-13-14-16-18-22(4)25-20-19-24-23(25)21(3)17-15-8-6-2/h19-22H,5-18H2,1-4H3. The Hall–Kier alpha value is -0.790. The van der Waals surface area contributed by atoms with E-state index in [4.69, 9.17) is 0 Å². The van der Waals surface area contributed by atoms with Crippen LogP contribution in [0, 0.1) is 0 Å². The predicted molar refractivity (Wildman–Crippen MR) is 111 cm³/mol. The van der Waals surface area contributed by atoms with Gasteiger partial charge < -0.3 is 4.57 Å². The first-order chi connectivity index (χ1) is 12.2. The van der Waals surface area contributed by atoms with Gasteiger partial charge in [0.1, 0.15) is 5.82 Å². The molecule has 1 aromatic heterocycles. The van der Waals surface area contributed by atoms with Crippen molar-refractivity contribution in [3.05, 3.63) is 18.2 Å². The minimum atomic E-state index is 0.590. The molecule has 0 N–H and O–H groups in total. The highest BCUT2D eigenvalue weighted by atomic mass is 15.1. The highest BCUT2D eigenvalue weighted by Crippen LogP contribution is 2.25. The Balaban J connectivity index is 2.20. The second kappa shape index (κ2) is 14.4. The molecule has 1 aromatic rings. The van der Waals surface area contributed by atoms with Crippen LogP contribution in [0.2, 0.25) is 0 Å². The maximum absolute atomic E-state index is 4.67. The van der Waals surface area contributed by atoms with Crippen LogP contribution in [0.4, 0.5) is 0 Å². The molecule has 2 unspecified atom stereocenters. The molecule has 146 valence electrons. The second-order valence-electron chi connectivity index (χ2n) is 8.06. The van der Waals surface area contributed by atoms with Crippen molar-refractivity contribution in [2.75, 3.05) is 0 Å². The topological polar surface area (TPSA) is 17.8 Å². The Morgan fingerprint density at radius 2 is 1.28 bits per heavy atom. The number of aromatic nitrogens is 2. The van der Waals surface area contributed by atoms with Gasteiger partial charge in [0.05, 0.1) is 0 Å². The molecule has 2 atom stereocenters. The Bertz CT molecular complexity index is 410. The molecule has 0 aliphatic carbocycles. The molecule has 1 rings (SSSR count). The van der Waals surface area contributed by atoms with Gasteiger partial charge in [-0.25, -0.2) is 4.98 Å². The lowest BCUT2D eigenvalue weighted by Gasteiger charge is -2.20. The molecule has 0 spiro atoms. The van der Waals surface area contributed by atoms with E-state index in [0.29, 0.717) is 12.0 Å². The monoisotopic (exact) mass is 348 g/mol. The van der Waals surface area contributed by atoms with Gasteiger partial charge >= 0.3 is 0 Å². The molecule has 1 heterocycles. The van der Waals surface area contributed by atoms with Gasteiger partial charge in [0.2, 0.25) is 0 Å². The quantitative estimate of drug-likeness (QED) is 0.276. The van der Waals surface area contributed by atoms with E-state index in [1.165, 1.54) is 95.7 Å². The summed E-state index contributed by atoms with van der Waals surface area (Å²) in [6.07, 6.45) is 23.4. The molecule has 0 aliphatic heterocycles.